The van der Waals surface area contributed by atoms with E-state index in [1.54, 1.807) is 18.4 Å². The Balaban J connectivity index is 2.36. The molecule has 4 heteroatoms. The van der Waals surface area contributed by atoms with Crippen molar-refractivity contribution in [3.63, 3.8) is 0 Å². The molecule has 0 radical (unpaired) electrons. The molecule has 102 valence electrons. The van der Waals surface area contributed by atoms with E-state index in [0.29, 0.717) is 0 Å². The van der Waals surface area contributed by atoms with Gasteiger partial charge >= 0.3 is 0 Å². The van der Waals surface area contributed by atoms with Crippen LogP contribution in [0.15, 0.2) is 29.6 Å². The van der Waals surface area contributed by atoms with Gasteiger partial charge in [-0.1, -0.05) is 25.1 Å². The lowest BCUT2D eigenvalue weighted by Crippen LogP contribution is -2.23. The number of nitrogens with one attached hydrogen (secondary N) is 1. The smallest absolute Gasteiger partial charge is 0.124 e. The summed E-state index contributed by atoms with van der Waals surface area (Å²) in [5.41, 5.74) is 2.21. The van der Waals surface area contributed by atoms with Gasteiger partial charge in [0.05, 0.1) is 13.2 Å². The summed E-state index contributed by atoms with van der Waals surface area (Å²) in [6.07, 6.45) is 1.09. The van der Waals surface area contributed by atoms with Gasteiger partial charge in [-0.25, -0.2) is 4.98 Å². The molecule has 1 atom stereocenters. The van der Waals surface area contributed by atoms with E-state index >= 15 is 0 Å². The molecule has 2 aromatic rings. The zero-order valence-corrected chi connectivity index (χ0v) is 12.5. The first-order valence-electron chi connectivity index (χ1n) is 6.54. The Morgan fingerprint density at radius 2 is 2.16 bits per heavy atom. The predicted octanol–water partition coefficient (Wildman–Crippen LogP) is 3.55. The second kappa shape index (κ2) is 6.68. The molecule has 1 aromatic carbocycles. The molecule has 0 amide bonds. The van der Waals surface area contributed by atoms with E-state index in [9.17, 15) is 0 Å². The second-order valence-electron chi connectivity index (χ2n) is 4.46. The molecular formula is C15H20N2OS. The first-order chi connectivity index (χ1) is 9.26. The monoisotopic (exact) mass is 276 g/mol. The minimum atomic E-state index is 0.106. The fourth-order valence-electron chi connectivity index (χ4n) is 2.03. The summed E-state index contributed by atoms with van der Waals surface area (Å²) in [4.78, 5) is 4.62. The van der Waals surface area contributed by atoms with Crippen LogP contribution < -0.4 is 10.1 Å². The van der Waals surface area contributed by atoms with E-state index < -0.39 is 0 Å². The first-order valence-corrected chi connectivity index (χ1v) is 7.42. The summed E-state index contributed by atoms with van der Waals surface area (Å²) in [5, 5.41) is 6.74. The number of thiazole rings is 1. The van der Waals surface area contributed by atoms with E-state index in [-0.39, 0.29) is 6.04 Å². The summed E-state index contributed by atoms with van der Waals surface area (Å²) in [6.45, 7) is 5.15. The molecule has 0 spiro atoms. The van der Waals surface area contributed by atoms with Crippen molar-refractivity contribution in [2.45, 2.75) is 26.3 Å². The third-order valence-electron chi connectivity index (χ3n) is 2.93. The van der Waals surface area contributed by atoms with E-state index in [2.05, 4.69) is 28.7 Å². The Kier molecular flexibility index (Phi) is 4.93. The standard InChI is InChI=1S/C15H20N2OS/c1-4-9-16-14(15-17-11(2)10-19-15)12-7-5-6-8-13(12)18-3/h5-8,10,14,16H,4,9H2,1-3H3. The van der Waals surface area contributed by atoms with Crippen molar-refractivity contribution in [2.75, 3.05) is 13.7 Å². The van der Waals surface area contributed by atoms with Crippen molar-refractivity contribution in [3.8, 4) is 5.75 Å². The highest BCUT2D eigenvalue weighted by Gasteiger charge is 2.19. The number of methoxy groups -OCH3 is 1. The third kappa shape index (κ3) is 3.33. The lowest BCUT2D eigenvalue weighted by Gasteiger charge is -2.19. The number of hydrogen-bond acceptors (Lipinski definition) is 4. The molecule has 0 saturated heterocycles. The minimum Gasteiger partial charge on any atom is -0.496 e. The molecule has 0 saturated carbocycles. The number of aryl methyl sites for hydroxylation is 1. The maximum absolute atomic E-state index is 5.47. The lowest BCUT2D eigenvalue weighted by atomic mass is 10.1. The predicted molar refractivity (Wildman–Crippen MR) is 80.0 cm³/mol. The van der Waals surface area contributed by atoms with Crippen LogP contribution in [0.25, 0.3) is 0 Å². The van der Waals surface area contributed by atoms with Gasteiger partial charge in [0.1, 0.15) is 10.8 Å². The molecule has 1 heterocycles. The Morgan fingerprint density at radius 1 is 1.37 bits per heavy atom. The molecule has 0 aliphatic rings. The highest BCUT2D eigenvalue weighted by Crippen LogP contribution is 2.31. The van der Waals surface area contributed by atoms with Gasteiger partial charge in [-0.15, -0.1) is 11.3 Å². The van der Waals surface area contributed by atoms with Crippen molar-refractivity contribution in [1.82, 2.24) is 10.3 Å². The number of hydrogen-bond donors (Lipinski definition) is 1. The van der Waals surface area contributed by atoms with Crippen molar-refractivity contribution in [3.05, 3.63) is 45.9 Å². The average molecular weight is 276 g/mol. The second-order valence-corrected chi connectivity index (χ2v) is 5.35. The highest BCUT2D eigenvalue weighted by molar-refractivity contribution is 7.09. The van der Waals surface area contributed by atoms with Crippen LogP contribution in [0, 0.1) is 6.92 Å². The molecule has 3 nitrogen and oxygen atoms in total. The summed E-state index contributed by atoms with van der Waals surface area (Å²) >= 11 is 1.69. The highest BCUT2D eigenvalue weighted by atomic mass is 32.1. The van der Waals surface area contributed by atoms with Gasteiger partial charge in [0.15, 0.2) is 0 Å². The molecule has 0 bridgehead atoms. The van der Waals surface area contributed by atoms with Crippen LogP contribution in [-0.2, 0) is 0 Å². The van der Waals surface area contributed by atoms with Gasteiger partial charge in [0, 0.05) is 16.6 Å². The number of nitrogens with zero attached hydrogens (tertiary/aromatic N) is 1. The quantitative estimate of drug-likeness (QED) is 0.876. The third-order valence-corrected chi connectivity index (χ3v) is 3.96. The zero-order valence-electron chi connectivity index (χ0n) is 11.6. The lowest BCUT2D eigenvalue weighted by molar-refractivity contribution is 0.403. The molecule has 0 aliphatic carbocycles. The van der Waals surface area contributed by atoms with Gasteiger partial charge in [-0.3, -0.25) is 0 Å². The van der Waals surface area contributed by atoms with E-state index in [1.807, 2.05) is 25.1 Å². The summed E-state index contributed by atoms with van der Waals surface area (Å²) < 4.78 is 5.47. The van der Waals surface area contributed by atoms with Crippen molar-refractivity contribution in [2.24, 2.45) is 0 Å². The largest absolute Gasteiger partial charge is 0.496 e. The Morgan fingerprint density at radius 3 is 2.79 bits per heavy atom. The molecule has 0 fully saturated rings. The van der Waals surface area contributed by atoms with Crippen LogP contribution in [0.5, 0.6) is 5.75 Å². The average Bonchev–Trinajstić information content (AvgIpc) is 2.86. The Labute approximate surface area is 118 Å². The van der Waals surface area contributed by atoms with E-state index in [4.69, 9.17) is 4.74 Å². The maximum atomic E-state index is 5.47. The van der Waals surface area contributed by atoms with Crippen LogP contribution in [0.4, 0.5) is 0 Å². The van der Waals surface area contributed by atoms with Gasteiger partial charge in [0.25, 0.3) is 0 Å². The number of rotatable bonds is 6. The normalized spacial score (nSPS) is 12.4. The number of benzene rings is 1. The van der Waals surface area contributed by atoms with Crippen LogP contribution in [0.3, 0.4) is 0 Å². The molecule has 1 aromatic heterocycles. The fourth-order valence-corrected chi connectivity index (χ4v) is 2.92. The van der Waals surface area contributed by atoms with Crippen LogP contribution >= 0.6 is 11.3 Å². The molecule has 0 aliphatic heterocycles. The number of aromatic nitrogens is 1. The molecule has 1 unspecified atom stereocenters. The number of para-hydroxylation sites is 1. The van der Waals surface area contributed by atoms with Gasteiger partial charge in [0.2, 0.25) is 0 Å². The molecular weight excluding hydrogens is 256 g/mol. The van der Waals surface area contributed by atoms with E-state index in [0.717, 1.165) is 35.0 Å². The zero-order chi connectivity index (χ0) is 13.7. The maximum Gasteiger partial charge on any atom is 0.124 e. The molecule has 19 heavy (non-hydrogen) atoms. The topological polar surface area (TPSA) is 34.2 Å². The summed E-state index contributed by atoms with van der Waals surface area (Å²) in [6, 6.07) is 8.24. The van der Waals surface area contributed by atoms with Gasteiger partial charge < -0.3 is 10.1 Å². The van der Waals surface area contributed by atoms with Gasteiger partial charge in [-0.05, 0) is 26.0 Å². The summed E-state index contributed by atoms with van der Waals surface area (Å²) in [5.74, 6) is 0.906. The number of ether oxygens (including phenoxy) is 1. The van der Waals surface area contributed by atoms with E-state index in [1.165, 1.54) is 0 Å². The van der Waals surface area contributed by atoms with Crippen LogP contribution in [0.1, 0.15) is 35.7 Å². The van der Waals surface area contributed by atoms with Gasteiger partial charge in [-0.2, -0.15) is 0 Å². The molecule has 1 N–H and O–H groups in total. The van der Waals surface area contributed by atoms with Crippen molar-refractivity contribution in [1.29, 1.82) is 0 Å². The van der Waals surface area contributed by atoms with Crippen molar-refractivity contribution >= 4 is 11.3 Å². The van der Waals surface area contributed by atoms with Crippen LogP contribution in [0.2, 0.25) is 0 Å². The fraction of sp³-hybridized carbons (Fsp3) is 0.400. The minimum absolute atomic E-state index is 0.106. The Hall–Kier alpha value is -1.39. The van der Waals surface area contributed by atoms with Crippen LogP contribution in [-0.4, -0.2) is 18.6 Å². The molecule has 2 rings (SSSR count). The summed E-state index contributed by atoms with van der Waals surface area (Å²) in [7, 11) is 1.71. The Bertz CT molecular complexity index is 524. The SMILES string of the molecule is CCCNC(c1nc(C)cs1)c1ccccc1OC. The van der Waals surface area contributed by atoms with Crippen molar-refractivity contribution < 1.29 is 4.74 Å². The first kappa shape index (κ1) is 14.0.